The minimum Gasteiger partial charge on any atom is -0.384 e. The molecule has 4 heteroatoms. The van der Waals surface area contributed by atoms with E-state index >= 15 is 0 Å². The van der Waals surface area contributed by atoms with E-state index in [9.17, 15) is 4.39 Å². The first kappa shape index (κ1) is 14.9. The second kappa shape index (κ2) is 7.35. The van der Waals surface area contributed by atoms with Gasteiger partial charge in [-0.1, -0.05) is 35.6 Å². The molecular weight excluding hydrogens is 295 g/mol. The fourth-order valence-electron chi connectivity index (χ4n) is 1.67. The Hall–Kier alpha value is -1.47. The van der Waals surface area contributed by atoms with E-state index in [1.54, 1.807) is 11.8 Å². The number of aliphatic hydroxyl groups is 1. The molecule has 0 aliphatic heterocycles. The smallest absolute Gasteiger partial charge is 0.124 e. The normalized spacial score (nSPS) is 9.95. The van der Waals surface area contributed by atoms with Gasteiger partial charge in [0.2, 0.25) is 0 Å². The van der Waals surface area contributed by atoms with E-state index in [0.29, 0.717) is 16.3 Å². The zero-order chi connectivity index (χ0) is 14.4. The van der Waals surface area contributed by atoms with Crippen molar-refractivity contribution in [1.29, 1.82) is 0 Å². The van der Waals surface area contributed by atoms with Crippen molar-refractivity contribution in [2.45, 2.75) is 10.6 Å². The monoisotopic (exact) mass is 306 g/mol. The summed E-state index contributed by atoms with van der Waals surface area (Å²) in [5, 5.41) is 9.35. The third-order valence-electron chi connectivity index (χ3n) is 2.50. The van der Waals surface area contributed by atoms with Crippen LogP contribution in [-0.4, -0.2) is 11.7 Å². The lowest BCUT2D eigenvalue weighted by Crippen LogP contribution is -1.87. The second-order valence-electron chi connectivity index (χ2n) is 4.03. The molecule has 0 spiro atoms. The molecule has 20 heavy (non-hydrogen) atoms. The minimum absolute atomic E-state index is 0.236. The van der Waals surface area contributed by atoms with E-state index in [2.05, 4.69) is 11.8 Å². The van der Waals surface area contributed by atoms with E-state index in [-0.39, 0.29) is 12.4 Å². The van der Waals surface area contributed by atoms with E-state index in [1.165, 1.54) is 12.1 Å². The predicted molar refractivity (Wildman–Crippen MR) is 81.4 cm³/mol. The Morgan fingerprint density at radius 2 is 2.00 bits per heavy atom. The average molecular weight is 307 g/mol. The molecule has 0 fully saturated rings. The number of aliphatic hydroxyl groups excluding tert-OH is 1. The molecule has 102 valence electrons. The maximum atomic E-state index is 13.5. The number of thioether (sulfide) groups is 1. The standard InChI is InChI=1S/C16H12ClFOS/c17-15-5-1-2-6-16(15)20-11-13-8-12(4-3-7-19)9-14(18)10-13/h1-2,5-6,8-10,19H,7,11H2. The summed E-state index contributed by atoms with van der Waals surface area (Å²) in [6.07, 6.45) is 0. The highest BCUT2D eigenvalue weighted by Gasteiger charge is 2.03. The lowest BCUT2D eigenvalue weighted by molar-refractivity contribution is 0.350. The molecule has 0 aliphatic carbocycles. The van der Waals surface area contributed by atoms with E-state index in [4.69, 9.17) is 16.7 Å². The van der Waals surface area contributed by atoms with Crippen molar-refractivity contribution in [3.63, 3.8) is 0 Å². The van der Waals surface area contributed by atoms with Crippen LogP contribution in [0.25, 0.3) is 0 Å². The van der Waals surface area contributed by atoms with Crippen LogP contribution in [0.1, 0.15) is 11.1 Å². The van der Waals surface area contributed by atoms with Crippen LogP contribution < -0.4 is 0 Å². The van der Waals surface area contributed by atoms with Gasteiger partial charge in [0.05, 0.1) is 5.02 Å². The number of hydrogen-bond acceptors (Lipinski definition) is 2. The Morgan fingerprint density at radius 3 is 2.75 bits per heavy atom. The van der Waals surface area contributed by atoms with E-state index in [1.807, 2.05) is 30.3 Å². The van der Waals surface area contributed by atoms with Crippen LogP contribution in [0.2, 0.25) is 5.02 Å². The van der Waals surface area contributed by atoms with Gasteiger partial charge in [-0.15, -0.1) is 11.8 Å². The molecule has 2 rings (SSSR count). The van der Waals surface area contributed by atoms with Crippen LogP contribution >= 0.6 is 23.4 Å². The van der Waals surface area contributed by atoms with Gasteiger partial charge in [-0.3, -0.25) is 0 Å². The topological polar surface area (TPSA) is 20.2 Å². The zero-order valence-electron chi connectivity index (χ0n) is 10.6. The van der Waals surface area contributed by atoms with Gasteiger partial charge in [-0.25, -0.2) is 4.39 Å². The van der Waals surface area contributed by atoms with Crippen molar-refractivity contribution in [3.8, 4) is 11.8 Å². The Balaban J connectivity index is 2.13. The minimum atomic E-state index is -0.329. The van der Waals surface area contributed by atoms with Gasteiger partial charge < -0.3 is 5.11 Å². The molecule has 0 bridgehead atoms. The van der Waals surface area contributed by atoms with Crippen LogP contribution in [-0.2, 0) is 5.75 Å². The molecule has 0 saturated heterocycles. The molecular formula is C16H12ClFOS. The maximum absolute atomic E-state index is 13.5. The fourth-order valence-corrected chi connectivity index (χ4v) is 2.84. The molecule has 0 saturated carbocycles. The number of hydrogen-bond donors (Lipinski definition) is 1. The first-order valence-corrected chi connectivity index (χ1v) is 7.32. The zero-order valence-corrected chi connectivity index (χ0v) is 12.1. The summed E-state index contributed by atoms with van der Waals surface area (Å²) in [4.78, 5) is 0.960. The summed E-state index contributed by atoms with van der Waals surface area (Å²) in [6, 6.07) is 12.2. The average Bonchev–Trinajstić information content (AvgIpc) is 2.44. The van der Waals surface area contributed by atoms with Crippen LogP contribution in [0.15, 0.2) is 47.4 Å². The predicted octanol–water partition coefficient (Wildman–Crippen LogP) is 4.12. The first-order chi connectivity index (χ1) is 9.69. The quantitative estimate of drug-likeness (QED) is 0.680. The molecule has 0 heterocycles. The summed E-state index contributed by atoms with van der Waals surface area (Å²) in [5.74, 6) is 5.50. The van der Waals surface area contributed by atoms with Crippen LogP contribution in [0.5, 0.6) is 0 Å². The Bertz CT molecular complexity index is 661. The summed E-state index contributed by atoms with van der Waals surface area (Å²) >= 11 is 7.62. The highest BCUT2D eigenvalue weighted by atomic mass is 35.5. The first-order valence-electron chi connectivity index (χ1n) is 5.95. The van der Waals surface area contributed by atoms with Gasteiger partial charge in [-0.05, 0) is 35.9 Å². The van der Waals surface area contributed by atoms with Gasteiger partial charge in [0.25, 0.3) is 0 Å². The van der Waals surface area contributed by atoms with Crippen LogP contribution in [0.4, 0.5) is 4.39 Å². The van der Waals surface area contributed by atoms with Crippen molar-refractivity contribution in [2.75, 3.05) is 6.61 Å². The summed E-state index contributed by atoms with van der Waals surface area (Å²) in [6.45, 7) is -0.236. The van der Waals surface area contributed by atoms with Crippen LogP contribution in [0, 0.1) is 17.7 Å². The summed E-state index contributed by atoms with van der Waals surface area (Å²) in [5.41, 5.74) is 1.39. The summed E-state index contributed by atoms with van der Waals surface area (Å²) in [7, 11) is 0. The molecule has 0 aromatic heterocycles. The molecule has 0 atom stereocenters. The maximum Gasteiger partial charge on any atom is 0.124 e. The van der Waals surface area contributed by atoms with Crippen molar-refractivity contribution in [2.24, 2.45) is 0 Å². The van der Waals surface area contributed by atoms with Crippen LogP contribution in [0.3, 0.4) is 0 Å². The van der Waals surface area contributed by atoms with Gasteiger partial charge in [-0.2, -0.15) is 0 Å². The third-order valence-corrected chi connectivity index (χ3v) is 4.09. The van der Waals surface area contributed by atoms with Gasteiger partial charge >= 0.3 is 0 Å². The molecule has 2 aromatic rings. The highest BCUT2D eigenvalue weighted by molar-refractivity contribution is 7.98. The highest BCUT2D eigenvalue weighted by Crippen LogP contribution is 2.29. The molecule has 0 aliphatic rings. The Kier molecular flexibility index (Phi) is 5.49. The fraction of sp³-hybridized carbons (Fsp3) is 0.125. The van der Waals surface area contributed by atoms with Gasteiger partial charge in [0.1, 0.15) is 12.4 Å². The molecule has 0 radical (unpaired) electrons. The lowest BCUT2D eigenvalue weighted by Gasteiger charge is -2.05. The van der Waals surface area contributed by atoms with E-state index in [0.717, 1.165) is 10.5 Å². The number of rotatable bonds is 3. The van der Waals surface area contributed by atoms with Crippen molar-refractivity contribution in [1.82, 2.24) is 0 Å². The van der Waals surface area contributed by atoms with Crippen molar-refractivity contribution >= 4 is 23.4 Å². The second-order valence-corrected chi connectivity index (χ2v) is 5.45. The molecule has 0 amide bonds. The van der Waals surface area contributed by atoms with Crippen molar-refractivity contribution < 1.29 is 9.50 Å². The lowest BCUT2D eigenvalue weighted by atomic mass is 10.1. The number of benzene rings is 2. The van der Waals surface area contributed by atoms with Gasteiger partial charge in [0.15, 0.2) is 0 Å². The Labute approximate surface area is 126 Å². The van der Waals surface area contributed by atoms with E-state index < -0.39 is 0 Å². The summed E-state index contributed by atoms with van der Waals surface area (Å²) < 4.78 is 13.5. The third kappa shape index (κ3) is 4.28. The number of halogens is 2. The molecule has 1 N–H and O–H groups in total. The molecule has 2 aromatic carbocycles. The largest absolute Gasteiger partial charge is 0.384 e. The van der Waals surface area contributed by atoms with Crippen molar-refractivity contribution in [3.05, 3.63) is 64.4 Å². The SMILES string of the molecule is OCC#Cc1cc(F)cc(CSc2ccccc2Cl)c1. The molecule has 1 nitrogen and oxygen atoms in total. The molecule has 0 unspecified atom stereocenters. The Morgan fingerprint density at radius 1 is 1.20 bits per heavy atom. The van der Waals surface area contributed by atoms with Gasteiger partial charge in [0, 0.05) is 16.2 Å².